The van der Waals surface area contributed by atoms with Crippen LogP contribution in [-0.4, -0.2) is 82.3 Å². The van der Waals surface area contributed by atoms with Crippen LogP contribution in [0, 0.1) is 11.3 Å². The summed E-state index contributed by atoms with van der Waals surface area (Å²) < 4.78 is 0. The number of hydrogen-bond donors (Lipinski definition) is 1. The molecule has 3 heterocycles. The fourth-order valence-electron chi connectivity index (χ4n) is 6.29. The largest absolute Gasteiger partial charge is 0.343 e. The van der Waals surface area contributed by atoms with E-state index >= 15 is 0 Å². The fourth-order valence-corrected chi connectivity index (χ4v) is 6.43. The normalized spacial score (nSPS) is 17.8. The molecule has 1 atom stereocenters. The van der Waals surface area contributed by atoms with E-state index in [1.54, 1.807) is 6.20 Å². The highest BCUT2D eigenvalue weighted by Crippen LogP contribution is 2.29. The Balaban J connectivity index is 1.38. The lowest BCUT2D eigenvalue weighted by Gasteiger charge is -2.40. The Morgan fingerprint density at radius 3 is 2.56 bits per heavy atom. The highest BCUT2D eigenvalue weighted by atomic mass is 35.5. The number of H-pyrrole nitrogens is 1. The van der Waals surface area contributed by atoms with Gasteiger partial charge in [0.25, 0.3) is 0 Å². The third-order valence-electron chi connectivity index (χ3n) is 8.34. The van der Waals surface area contributed by atoms with E-state index < -0.39 is 5.92 Å². The van der Waals surface area contributed by atoms with E-state index in [1.807, 2.05) is 41.0 Å². The first-order valence-corrected chi connectivity index (χ1v) is 15.7. The van der Waals surface area contributed by atoms with Crippen LogP contribution < -0.4 is 0 Å². The Bertz CT molecular complexity index is 1350. The van der Waals surface area contributed by atoms with Gasteiger partial charge in [-0.05, 0) is 55.3 Å². The Hall–Kier alpha value is -3.23. The van der Waals surface area contributed by atoms with Gasteiger partial charge in [-0.15, -0.1) is 0 Å². The predicted molar refractivity (Wildman–Crippen MR) is 172 cm³/mol. The summed E-state index contributed by atoms with van der Waals surface area (Å²) in [5.74, 6) is -0.274. The number of allylic oxidation sites excluding steroid dienone is 2. The van der Waals surface area contributed by atoms with E-state index in [0.717, 1.165) is 48.1 Å². The third kappa shape index (κ3) is 8.67. The Morgan fingerprint density at radius 2 is 1.91 bits per heavy atom. The number of benzene rings is 1. The number of piperidine rings is 1. The number of rotatable bonds is 11. The van der Waals surface area contributed by atoms with Gasteiger partial charge in [-0.25, -0.2) is 0 Å². The van der Waals surface area contributed by atoms with Gasteiger partial charge in [0.05, 0.1) is 23.3 Å². The summed E-state index contributed by atoms with van der Waals surface area (Å²) in [6.45, 7) is 11.9. The number of carbonyl (C=O) groups is 3. The number of aldehydes is 1. The Kier molecular flexibility index (Phi) is 11.0. The number of hydrogen-bond acceptors (Lipinski definition) is 5. The third-order valence-corrected chi connectivity index (χ3v) is 8.74. The molecule has 0 bridgehead atoms. The summed E-state index contributed by atoms with van der Waals surface area (Å²) in [4.78, 5) is 44.4. The predicted octanol–water partition coefficient (Wildman–Crippen LogP) is 5.54. The maximum absolute atomic E-state index is 13.3. The number of aromatic nitrogens is 2. The molecule has 2 aliphatic heterocycles. The molecule has 0 spiro atoms. The van der Waals surface area contributed by atoms with Crippen molar-refractivity contribution >= 4 is 40.3 Å². The fraction of sp³-hybridized carbons (Fsp3) is 0.529. The molecule has 2 aliphatic rings. The number of aromatic amines is 1. The summed E-state index contributed by atoms with van der Waals surface area (Å²) in [6.07, 6.45) is 9.13. The molecule has 1 saturated heterocycles. The molecule has 8 nitrogen and oxygen atoms in total. The van der Waals surface area contributed by atoms with Gasteiger partial charge in [-0.2, -0.15) is 5.10 Å². The van der Waals surface area contributed by atoms with E-state index in [9.17, 15) is 14.4 Å². The minimum absolute atomic E-state index is 0.00775. The zero-order chi connectivity index (χ0) is 31.1. The zero-order valence-electron chi connectivity index (χ0n) is 26.2. The van der Waals surface area contributed by atoms with Crippen LogP contribution in [0.4, 0.5) is 0 Å². The summed E-state index contributed by atoms with van der Waals surface area (Å²) in [5, 5.41) is 7.83. The second-order valence-corrected chi connectivity index (χ2v) is 13.6. The van der Waals surface area contributed by atoms with Gasteiger partial charge < -0.3 is 19.5 Å². The Labute approximate surface area is 261 Å². The van der Waals surface area contributed by atoms with Gasteiger partial charge >= 0.3 is 0 Å². The number of nitrogens with one attached hydrogen (secondary N) is 1. The van der Waals surface area contributed by atoms with Crippen LogP contribution in [0.15, 0.2) is 42.6 Å². The van der Waals surface area contributed by atoms with Crippen molar-refractivity contribution in [2.24, 2.45) is 11.3 Å². The topological polar surface area (TPSA) is 89.6 Å². The second kappa shape index (κ2) is 14.5. The minimum atomic E-state index is -0.430. The molecule has 232 valence electrons. The first-order chi connectivity index (χ1) is 20.5. The van der Waals surface area contributed by atoms with Crippen molar-refractivity contribution in [1.29, 1.82) is 0 Å². The van der Waals surface area contributed by atoms with Crippen molar-refractivity contribution < 1.29 is 14.4 Å². The number of fused-ring (bicyclic) bond motifs is 1. The summed E-state index contributed by atoms with van der Waals surface area (Å²) in [6, 6.07) is 8.26. The second-order valence-electron chi connectivity index (χ2n) is 13.2. The lowest BCUT2D eigenvalue weighted by molar-refractivity contribution is -0.138. The molecule has 2 amide bonds. The molecule has 0 saturated carbocycles. The molecule has 1 N–H and O–H groups in total. The zero-order valence-corrected chi connectivity index (χ0v) is 27.0. The van der Waals surface area contributed by atoms with Crippen molar-refractivity contribution in [2.75, 3.05) is 33.2 Å². The quantitative estimate of drug-likeness (QED) is 0.339. The average Bonchev–Trinajstić information content (AvgIpc) is 3.47. The van der Waals surface area contributed by atoms with E-state index in [4.69, 9.17) is 11.6 Å². The number of nitrogens with zero attached hydrogens (tertiary/aromatic N) is 4. The number of halogens is 1. The van der Waals surface area contributed by atoms with E-state index in [1.165, 1.54) is 5.56 Å². The molecule has 9 heteroatoms. The summed E-state index contributed by atoms with van der Waals surface area (Å²) >= 11 is 6.48. The van der Waals surface area contributed by atoms with Gasteiger partial charge in [0, 0.05) is 56.7 Å². The molecule has 2 aromatic rings. The van der Waals surface area contributed by atoms with Crippen LogP contribution in [0.1, 0.15) is 75.8 Å². The van der Waals surface area contributed by atoms with Crippen LogP contribution in [0.25, 0.3) is 10.6 Å². The van der Waals surface area contributed by atoms with Crippen LogP contribution in [0.3, 0.4) is 0 Å². The molecule has 1 aromatic heterocycles. The average molecular weight is 608 g/mol. The molecule has 0 unspecified atom stereocenters. The standard InChI is InChI=1S/C34H46ClN5O3/c1-6-30(35)33-29(19-36-37-33)27(20-38(5)23-34(2,3)4)12-11-24(22-41)17-31(42)39-15-13-28(14-16-39)40-21-26-10-8-7-9-25(26)18-32(40)43/h6-10,12,19,22,24,28H,11,13-18,20-21,23H2,1-5H3,(H,36,37)/b27-12+,30-6+/t24-/m0/s1. The molecule has 1 fully saturated rings. The maximum Gasteiger partial charge on any atom is 0.227 e. The molecule has 4 rings (SSSR count). The van der Waals surface area contributed by atoms with Gasteiger partial charge in [-0.1, -0.05) is 68.8 Å². The van der Waals surface area contributed by atoms with Crippen molar-refractivity contribution in [2.45, 2.75) is 72.4 Å². The maximum atomic E-state index is 13.3. The van der Waals surface area contributed by atoms with Crippen LogP contribution in [0.5, 0.6) is 0 Å². The van der Waals surface area contributed by atoms with Crippen molar-refractivity contribution in [3.05, 3.63) is 65.0 Å². The van der Waals surface area contributed by atoms with Crippen LogP contribution >= 0.6 is 11.6 Å². The molecular formula is C34H46ClN5O3. The van der Waals surface area contributed by atoms with E-state index in [0.29, 0.717) is 44.1 Å². The molecule has 0 radical (unpaired) electrons. The number of carbonyl (C=O) groups excluding carboxylic acids is 3. The number of likely N-dealkylation sites (tertiary alicyclic amines) is 1. The highest BCUT2D eigenvalue weighted by molar-refractivity contribution is 6.48. The van der Waals surface area contributed by atoms with Crippen molar-refractivity contribution in [3.8, 4) is 0 Å². The lowest BCUT2D eigenvalue weighted by atomic mass is 9.94. The van der Waals surface area contributed by atoms with Gasteiger partial charge in [0.15, 0.2) is 0 Å². The summed E-state index contributed by atoms with van der Waals surface area (Å²) in [7, 11) is 2.08. The van der Waals surface area contributed by atoms with Crippen molar-refractivity contribution in [1.82, 2.24) is 24.9 Å². The first-order valence-electron chi connectivity index (χ1n) is 15.3. The lowest BCUT2D eigenvalue weighted by Crippen LogP contribution is -2.50. The number of likely N-dealkylation sites (N-methyl/N-ethyl adjacent to an activating group) is 1. The van der Waals surface area contributed by atoms with Gasteiger partial charge in [0.1, 0.15) is 6.29 Å². The van der Waals surface area contributed by atoms with Gasteiger partial charge in [-0.3, -0.25) is 14.7 Å². The smallest absolute Gasteiger partial charge is 0.227 e. The molecule has 0 aliphatic carbocycles. The monoisotopic (exact) mass is 607 g/mol. The van der Waals surface area contributed by atoms with Crippen molar-refractivity contribution in [3.63, 3.8) is 0 Å². The minimum Gasteiger partial charge on any atom is -0.343 e. The first kappa shape index (κ1) is 32.7. The molecular weight excluding hydrogens is 562 g/mol. The molecule has 1 aromatic carbocycles. The SMILES string of the molecule is C/C=C(/Cl)c1[nH]ncc1/C(=C/C[C@H](C=O)CC(=O)N1CCC(N2Cc3ccccc3CC2=O)CC1)CN(C)CC(C)(C)C. The number of amides is 2. The Morgan fingerprint density at radius 1 is 1.21 bits per heavy atom. The van der Waals surface area contributed by atoms with E-state index in [2.05, 4.69) is 55.1 Å². The molecule has 43 heavy (non-hydrogen) atoms. The van der Waals surface area contributed by atoms with Crippen LogP contribution in [-0.2, 0) is 27.3 Å². The van der Waals surface area contributed by atoms with Crippen LogP contribution in [0.2, 0.25) is 0 Å². The van der Waals surface area contributed by atoms with E-state index in [-0.39, 0.29) is 29.7 Å². The van der Waals surface area contributed by atoms with Gasteiger partial charge in [0.2, 0.25) is 11.8 Å². The summed E-state index contributed by atoms with van der Waals surface area (Å²) in [5.41, 5.74) is 5.11. The highest BCUT2D eigenvalue weighted by Gasteiger charge is 2.33.